The van der Waals surface area contributed by atoms with E-state index in [-0.39, 0.29) is 22.4 Å². The molecule has 0 radical (unpaired) electrons. The zero-order valence-corrected chi connectivity index (χ0v) is 16.0. The third-order valence-corrected chi connectivity index (χ3v) is 6.46. The molecule has 0 bridgehead atoms. The van der Waals surface area contributed by atoms with Gasteiger partial charge in [-0.3, -0.25) is 9.35 Å². The Morgan fingerprint density at radius 1 is 1.37 bits per heavy atom. The van der Waals surface area contributed by atoms with Gasteiger partial charge in [0, 0.05) is 20.1 Å². The molecule has 3 N–H and O–H groups in total. The van der Waals surface area contributed by atoms with E-state index in [4.69, 9.17) is 0 Å². The molecule has 0 aromatic rings. The van der Waals surface area contributed by atoms with Crippen LogP contribution in [0.25, 0.3) is 0 Å². The summed E-state index contributed by atoms with van der Waals surface area (Å²) in [7, 11) is -2.88. The van der Waals surface area contributed by atoms with Gasteiger partial charge in [0.15, 0.2) is 0 Å². The lowest BCUT2D eigenvalue weighted by atomic mass is 9.96. The van der Waals surface area contributed by atoms with Gasteiger partial charge in [-0.05, 0) is 50.1 Å². The van der Waals surface area contributed by atoms with Crippen LogP contribution in [0.5, 0.6) is 0 Å². The SMILES string of the molecule is CN(CC1CCNCC1)C(=O)C1=CC2CNC3=CC=CC(=C1S(=O)(=O)O)N32. The van der Waals surface area contributed by atoms with Gasteiger partial charge in [-0.2, -0.15) is 8.42 Å². The second-order valence-corrected chi connectivity index (χ2v) is 8.74. The van der Waals surface area contributed by atoms with E-state index in [9.17, 15) is 17.8 Å². The van der Waals surface area contributed by atoms with Crippen LogP contribution in [0.1, 0.15) is 12.8 Å². The summed E-state index contributed by atoms with van der Waals surface area (Å²) >= 11 is 0. The molecule has 0 aliphatic carbocycles. The first-order valence-corrected chi connectivity index (χ1v) is 10.6. The monoisotopic (exact) mass is 392 g/mol. The Morgan fingerprint density at radius 2 is 2.11 bits per heavy atom. The fourth-order valence-electron chi connectivity index (χ4n) is 4.23. The van der Waals surface area contributed by atoms with Crippen LogP contribution >= 0.6 is 0 Å². The predicted octanol–water partition coefficient (Wildman–Crippen LogP) is 0.169. The van der Waals surface area contributed by atoms with Crippen molar-refractivity contribution in [1.29, 1.82) is 0 Å². The smallest absolute Gasteiger partial charge is 0.297 e. The van der Waals surface area contributed by atoms with Gasteiger partial charge >= 0.3 is 0 Å². The van der Waals surface area contributed by atoms with Crippen LogP contribution in [0.3, 0.4) is 0 Å². The lowest BCUT2D eigenvalue weighted by Crippen LogP contribution is -2.41. The molecule has 27 heavy (non-hydrogen) atoms. The van der Waals surface area contributed by atoms with Crippen molar-refractivity contribution >= 4 is 16.0 Å². The van der Waals surface area contributed by atoms with Crippen molar-refractivity contribution in [3.8, 4) is 0 Å². The van der Waals surface area contributed by atoms with Crippen LogP contribution in [0, 0.1) is 5.92 Å². The molecule has 4 aliphatic heterocycles. The molecule has 4 rings (SSSR count). The van der Waals surface area contributed by atoms with Crippen molar-refractivity contribution in [3.05, 3.63) is 46.3 Å². The molecular formula is C18H24N4O4S. The van der Waals surface area contributed by atoms with E-state index in [0.29, 0.717) is 24.7 Å². The number of likely N-dealkylation sites (N-methyl/N-ethyl adjacent to an activating group) is 1. The van der Waals surface area contributed by atoms with Gasteiger partial charge in [-0.1, -0.05) is 6.08 Å². The van der Waals surface area contributed by atoms with Gasteiger partial charge in [0.05, 0.1) is 17.3 Å². The van der Waals surface area contributed by atoms with E-state index in [1.54, 1.807) is 30.2 Å². The van der Waals surface area contributed by atoms with Crippen LogP contribution in [0.4, 0.5) is 0 Å². The average Bonchev–Trinajstić information content (AvgIpc) is 3.05. The second kappa shape index (κ2) is 6.81. The number of nitrogens with one attached hydrogen (secondary N) is 2. The zero-order valence-electron chi connectivity index (χ0n) is 15.2. The van der Waals surface area contributed by atoms with Gasteiger partial charge in [0.2, 0.25) is 0 Å². The normalized spacial score (nSPS) is 25.0. The van der Waals surface area contributed by atoms with Crippen LogP contribution in [0.2, 0.25) is 0 Å². The first kappa shape index (κ1) is 18.3. The summed E-state index contributed by atoms with van der Waals surface area (Å²) in [5.74, 6) is 0.786. The fourth-order valence-corrected chi connectivity index (χ4v) is 5.09. The molecule has 1 unspecified atom stereocenters. The molecule has 2 fully saturated rings. The van der Waals surface area contributed by atoms with Crippen LogP contribution in [-0.4, -0.2) is 67.9 Å². The maximum absolute atomic E-state index is 13.1. The number of nitrogens with zero attached hydrogens (tertiary/aromatic N) is 2. The molecule has 0 saturated carbocycles. The minimum atomic E-state index is -4.57. The Morgan fingerprint density at radius 3 is 2.81 bits per heavy atom. The van der Waals surface area contributed by atoms with E-state index in [1.165, 1.54) is 0 Å². The topological polar surface area (TPSA) is 102 Å². The maximum atomic E-state index is 13.1. The molecule has 1 atom stereocenters. The Hall–Kier alpha value is -2.10. The standard InChI is InChI=1S/C18H24N4O4S/c1-21(11-12-5-7-19-8-6-12)18(23)14-9-13-10-20-16-4-2-3-15(22(13)16)17(14)27(24,25)26/h2-4,9,12-13,19-20H,5-8,10-11H2,1H3,(H,24,25,26). The molecule has 9 heteroatoms. The number of hydrogen-bond acceptors (Lipinski definition) is 6. The van der Waals surface area contributed by atoms with Crippen LogP contribution in [0.15, 0.2) is 46.3 Å². The minimum Gasteiger partial charge on any atom is -0.369 e. The van der Waals surface area contributed by atoms with Gasteiger partial charge < -0.3 is 20.4 Å². The summed E-state index contributed by atoms with van der Waals surface area (Å²) in [4.78, 5) is 16.2. The summed E-state index contributed by atoms with van der Waals surface area (Å²) in [5, 5.41) is 6.50. The highest BCUT2D eigenvalue weighted by Gasteiger charge is 2.41. The first-order valence-electron chi connectivity index (χ1n) is 9.18. The van der Waals surface area contributed by atoms with Crippen LogP contribution in [-0.2, 0) is 14.9 Å². The average molecular weight is 392 g/mol. The number of piperidine rings is 1. The third kappa shape index (κ3) is 3.30. The lowest BCUT2D eigenvalue weighted by Gasteiger charge is -2.34. The van der Waals surface area contributed by atoms with Crippen molar-refractivity contribution < 1.29 is 17.8 Å². The number of carbonyl (C=O) groups is 1. The van der Waals surface area contributed by atoms with Crippen molar-refractivity contribution in [1.82, 2.24) is 20.4 Å². The van der Waals surface area contributed by atoms with E-state index in [0.717, 1.165) is 31.8 Å². The second-order valence-electron chi connectivity index (χ2n) is 7.38. The molecule has 146 valence electrons. The van der Waals surface area contributed by atoms with Crippen molar-refractivity contribution in [2.24, 2.45) is 5.92 Å². The van der Waals surface area contributed by atoms with E-state index in [2.05, 4.69) is 10.6 Å². The Labute approximate surface area is 159 Å². The number of amides is 1. The number of hydrogen-bond donors (Lipinski definition) is 3. The predicted molar refractivity (Wildman–Crippen MR) is 101 cm³/mol. The quantitative estimate of drug-likeness (QED) is 0.586. The minimum absolute atomic E-state index is 0.0554. The summed E-state index contributed by atoms with van der Waals surface area (Å²) in [6.07, 6.45) is 8.81. The van der Waals surface area contributed by atoms with Gasteiger partial charge in [0.1, 0.15) is 10.7 Å². The molecule has 8 nitrogen and oxygen atoms in total. The lowest BCUT2D eigenvalue weighted by molar-refractivity contribution is -0.126. The van der Waals surface area contributed by atoms with E-state index in [1.807, 2.05) is 11.0 Å². The Balaban J connectivity index is 1.67. The number of carbonyl (C=O) groups excluding carboxylic acids is 1. The first-order chi connectivity index (χ1) is 12.9. The molecule has 0 aromatic carbocycles. The molecule has 4 aliphatic rings. The number of allylic oxidation sites excluding steroid dienone is 3. The highest BCUT2D eigenvalue weighted by Crippen LogP contribution is 2.38. The summed E-state index contributed by atoms with van der Waals surface area (Å²) in [5.41, 5.74) is 0.394. The molecular weight excluding hydrogens is 368 g/mol. The van der Waals surface area contributed by atoms with Gasteiger partial charge in [-0.15, -0.1) is 0 Å². The largest absolute Gasteiger partial charge is 0.369 e. The summed E-state index contributed by atoms with van der Waals surface area (Å²) < 4.78 is 34.3. The van der Waals surface area contributed by atoms with E-state index >= 15 is 0 Å². The third-order valence-electron chi connectivity index (χ3n) is 5.51. The molecule has 0 aromatic heterocycles. The Bertz CT molecular complexity index is 881. The summed E-state index contributed by atoms with van der Waals surface area (Å²) in [6.45, 7) is 3.00. The van der Waals surface area contributed by atoms with Crippen LogP contribution < -0.4 is 10.6 Å². The van der Waals surface area contributed by atoms with Crippen molar-refractivity contribution in [2.45, 2.75) is 18.9 Å². The summed E-state index contributed by atoms with van der Waals surface area (Å²) in [6, 6.07) is -0.159. The van der Waals surface area contributed by atoms with E-state index < -0.39 is 10.1 Å². The zero-order chi connectivity index (χ0) is 19.2. The highest BCUT2D eigenvalue weighted by atomic mass is 32.2. The van der Waals surface area contributed by atoms with Crippen molar-refractivity contribution in [2.75, 3.05) is 33.2 Å². The van der Waals surface area contributed by atoms with Gasteiger partial charge in [-0.25, -0.2) is 0 Å². The fraction of sp³-hybridized carbons (Fsp3) is 0.500. The Kier molecular flexibility index (Phi) is 4.61. The molecule has 4 heterocycles. The van der Waals surface area contributed by atoms with Gasteiger partial charge in [0.25, 0.3) is 16.0 Å². The maximum Gasteiger partial charge on any atom is 0.297 e. The molecule has 2 saturated heterocycles. The highest BCUT2D eigenvalue weighted by molar-refractivity contribution is 7.90. The molecule has 0 spiro atoms. The number of rotatable bonds is 4. The van der Waals surface area contributed by atoms with Crippen molar-refractivity contribution in [3.63, 3.8) is 0 Å². The molecule has 1 amide bonds.